The van der Waals surface area contributed by atoms with Crippen molar-refractivity contribution < 1.29 is 13.2 Å². The number of aromatic amines is 1. The summed E-state index contributed by atoms with van der Waals surface area (Å²) in [6.07, 6.45) is 7.66. The van der Waals surface area contributed by atoms with Crippen LogP contribution in [0.5, 0.6) is 5.75 Å². The Balaban J connectivity index is 0.000000480. The van der Waals surface area contributed by atoms with Gasteiger partial charge in [-0.3, -0.25) is 0 Å². The van der Waals surface area contributed by atoms with Gasteiger partial charge in [0.15, 0.2) is 9.84 Å². The SMILES string of the molecule is CCC.CCC.CS(=O)(=O)c1ccc(C2=CC3(CCNCC3)Oc3ccccc32)[nH]1. The minimum absolute atomic E-state index is 0.238. The molecule has 0 radical (unpaired) electrons. The maximum Gasteiger partial charge on any atom is 0.190 e. The number of benzene rings is 1. The molecule has 0 unspecified atom stereocenters. The van der Waals surface area contributed by atoms with E-state index in [-0.39, 0.29) is 10.6 Å². The fraction of sp³-hybridized carbons (Fsp3) is 0.500. The zero-order valence-electron chi connectivity index (χ0n) is 18.9. The Morgan fingerprint density at radius 3 is 2.13 bits per heavy atom. The number of nitrogens with one attached hydrogen (secondary N) is 2. The Kier molecular flexibility index (Phi) is 8.74. The molecule has 1 aromatic carbocycles. The van der Waals surface area contributed by atoms with Gasteiger partial charge in [0.1, 0.15) is 16.4 Å². The van der Waals surface area contributed by atoms with Crippen molar-refractivity contribution in [3.63, 3.8) is 0 Å². The molecule has 1 fully saturated rings. The van der Waals surface area contributed by atoms with Crippen LogP contribution in [0, 0.1) is 0 Å². The lowest BCUT2D eigenvalue weighted by molar-refractivity contribution is 0.0816. The van der Waals surface area contributed by atoms with Crippen LogP contribution in [0.3, 0.4) is 0 Å². The zero-order chi connectivity index (χ0) is 22.2. The van der Waals surface area contributed by atoms with E-state index < -0.39 is 9.84 Å². The number of piperidine rings is 1. The van der Waals surface area contributed by atoms with Crippen LogP contribution in [-0.2, 0) is 9.84 Å². The van der Waals surface area contributed by atoms with Gasteiger partial charge in [-0.2, -0.15) is 0 Å². The normalized spacial score (nSPS) is 16.8. The lowest BCUT2D eigenvalue weighted by atomic mass is 9.84. The predicted octanol–water partition coefficient (Wildman–Crippen LogP) is 5.20. The number of ether oxygens (including phenoxy) is 1. The first-order valence-corrected chi connectivity index (χ1v) is 12.8. The summed E-state index contributed by atoms with van der Waals surface area (Å²) in [5.74, 6) is 0.854. The molecule has 1 aromatic heterocycles. The number of hydrogen-bond acceptors (Lipinski definition) is 4. The van der Waals surface area contributed by atoms with E-state index in [2.05, 4.69) is 44.1 Å². The average molecular weight is 433 g/mol. The lowest BCUT2D eigenvalue weighted by Gasteiger charge is -2.39. The van der Waals surface area contributed by atoms with E-state index >= 15 is 0 Å². The Morgan fingerprint density at radius 1 is 0.967 bits per heavy atom. The van der Waals surface area contributed by atoms with Crippen molar-refractivity contribution in [3.05, 3.63) is 53.7 Å². The van der Waals surface area contributed by atoms with Crippen LogP contribution >= 0.6 is 0 Å². The summed E-state index contributed by atoms with van der Waals surface area (Å²) in [6, 6.07) is 11.4. The highest BCUT2D eigenvalue weighted by molar-refractivity contribution is 7.90. The summed E-state index contributed by atoms with van der Waals surface area (Å²) in [7, 11) is -3.26. The second kappa shape index (κ2) is 10.8. The minimum Gasteiger partial charge on any atom is -0.482 e. The lowest BCUT2D eigenvalue weighted by Crippen LogP contribution is -2.46. The third-order valence-electron chi connectivity index (χ3n) is 4.70. The van der Waals surface area contributed by atoms with Crippen LogP contribution in [0.15, 0.2) is 47.5 Å². The number of aromatic nitrogens is 1. The van der Waals surface area contributed by atoms with Crippen LogP contribution in [0.25, 0.3) is 5.57 Å². The summed E-state index contributed by atoms with van der Waals surface area (Å²) in [6.45, 7) is 10.3. The highest BCUT2D eigenvalue weighted by atomic mass is 32.2. The molecule has 2 aliphatic heterocycles. The largest absolute Gasteiger partial charge is 0.482 e. The van der Waals surface area contributed by atoms with E-state index in [0.717, 1.165) is 48.5 Å². The Bertz CT molecular complexity index is 937. The smallest absolute Gasteiger partial charge is 0.190 e. The van der Waals surface area contributed by atoms with Crippen LogP contribution in [0.4, 0.5) is 0 Å². The van der Waals surface area contributed by atoms with Crippen molar-refractivity contribution in [3.8, 4) is 5.75 Å². The standard InChI is InChI=1S/C18H20N2O3S.2C3H8/c1-24(21,22)17-7-6-15(20-17)14-12-18(8-10-19-11-9-18)23-16-5-3-2-4-13(14)16;2*1-3-2/h2-7,12,19-20H,8-11H2,1H3;2*3H2,1-2H3. The quantitative estimate of drug-likeness (QED) is 0.684. The van der Waals surface area contributed by atoms with Crippen LogP contribution in [-0.4, -0.2) is 38.3 Å². The third kappa shape index (κ3) is 5.99. The van der Waals surface area contributed by atoms with Gasteiger partial charge in [0.25, 0.3) is 0 Å². The van der Waals surface area contributed by atoms with E-state index in [1.807, 2.05) is 30.3 Å². The topological polar surface area (TPSA) is 71.2 Å². The first kappa shape index (κ1) is 24.2. The Labute approximate surface area is 181 Å². The molecular weight excluding hydrogens is 396 g/mol. The van der Waals surface area contributed by atoms with Gasteiger partial charge in [0.2, 0.25) is 0 Å². The molecule has 1 spiro atoms. The number of fused-ring (bicyclic) bond motifs is 1. The minimum atomic E-state index is -3.26. The zero-order valence-corrected chi connectivity index (χ0v) is 19.7. The highest BCUT2D eigenvalue weighted by Crippen LogP contribution is 2.42. The van der Waals surface area contributed by atoms with Gasteiger partial charge in [-0.05, 0) is 37.4 Å². The summed E-state index contributed by atoms with van der Waals surface area (Å²) < 4.78 is 29.9. The molecule has 0 bridgehead atoms. The van der Waals surface area contributed by atoms with Gasteiger partial charge >= 0.3 is 0 Å². The van der Waals surface area contributed by atoms with E-state index in [1.165, 1.54) is 19.1 Å². The van der Waals surface area contributed by atoms with Gasteiger partial charge in [0, 0.05) is 35.9 Å². The van der Waals surface area contributed by atoms with Crippen molar-refractivity contribution in [2.24, 2.45) is 0 Å². The molecule has 30 heavy (non-hydrogen) atoms. The number of para-hydroxylation sites is 1. The van der Waals surface area contributed by atoms with Crippen LogP contribution in [0.1, 0.15) is 64.6 Å². The highest BCUT2D eigenvalue weighted by Gasteiger charge is 2.37. The molecule has 2 aliphatic rings. The molecule has 5 nitrogen and oxygen atoms in total. The molecule has 6 heteroatoms. The fourth-order valence-electron chi connectivity index (χ4n) is 3.44. The molecule has 0 saturated carbocycles. The van der Waals surface area contributed by atoms with Gasteiger partial charge in [-0.1, -0.05) is 58.7 Å². The van der Waals surface area contributed by atoms with Gasteiger partial charge < -0.3 is 15.0 Å². The molecule has 2 N–H and O–H groups in total. The van der Waals surface area contributed by atoms with E-state index in [9.17, 15) is 8.42 Å². The number of hydrogen-bond donors (Lipinski definition) is 2. The van der Waals surface area contributed by atoms with Gasteiger partial charge in [-0.15, -0.1) is 0 Å². The summed E-state index contributed by atoms with van der Waals surface area (Å²) in [4.78, 5) is 3.06. The van der Waals surface area contributed by atoms with Crippen molar-refractivity contribution in [1.82, 2.24) is 10.3 Å². The second-order valence-electron chi connectivity index (χ2n) is 7.89. The number of rotatable bonds is 2. The van der Waals surface area contributed by atoms with Crippen molar-refractivity contribution in [2.45, 2.75) is 64.0 Å². The van der Waals surface area contributed by atoms with Crippen molar-refractivity contribution in [1.29, 1.82) is 0 Å². The molecule has 4 rings (SSSR count). The maximum absolute atomic E-state index is 11.8. The average Bonchev–Trinajstić information content (AvgIpc) is 3.20. The molecule has 2 aromatic rings. The molecule has 0 amide bonds. The van der Waals surface area contributed by atoms with E-state index in [1.54, 1.807) is 6.07 Å². The Morgan fingerprint density at radius 2 is 1.57 bits per heavy atom. The first-order chi connectivity index (χ1) is 14.3. The van der Waals surface area contributed by atoms with Crippen LogP contribution < -0.4 is 10.1 Å². The Hall–Kier alpha value is -2.05. The van der Waals surface area contributed by atoms with Crippen molar-refractivity contribution in [2.75, 3.05) is 19.3 Å². The summed E-state index contributed by atoms with van der Waals surface area (Å²) >= 11 is 0. The monoisotopic (exact) mass is 432 g/mol. The van der Waals surface area contributed by atoms with Crippen LogP contribution in [0.2, 0.25) is 0 Å². The predicted molar refractivity (Wildman–Crippen MR) is 125 cm³/mol. The van der Waals surface area contributed by atoms with Crippen molar-refractivity contribution >= 4 is 15.4 Å². The first-order valence-electron chi connectivity index (χ1n) is 10.9. The molecule has 0 aliphatic carbocycles. The second-order valence-corrected chi connectivity index (χ2v) is 9.88. The van der Waals surface area contributed by atoms with E-state index in [0.29, 0.717) is 0 Å². The summed E-state index contributed by atoms with van der Waals surface area (Å²) in [5.41, 5.74) is 2.48. The number of H-pyrrole nitrogens is 1. The molecule has 166 valence electrons. The van der Waals surface area contributed by atoms with E-state index in [4.69, 9.17) is 4.74 Å². The molecule has 1 saturated heterocycles. The third-order valence-corrected chi connectivity index (χ3v) is 5.73. The fourth-order valence-corrected chi connectivity index (χ4v) is 4.05. The molecule has 3 heterocycles. The summed E-state index contributed by atoms with van der Waals surface area (Å²) in [5, 5.41) is 3.60. The maximum atomic E-state index is 11.8. The van der Waals surface area contributed by atoms with Gasteiger partial charge in [0.05, 0.1) is 0 Å². The number of sulfone groups is 1. The molecular formula is C24H36N2O3S. The van der Waals surface area contributed by atoms with Gasteiger partial charge in [-0.25, -0.2) is 8.42 Å². The molecule has 0 atom stereocenters.